The van der Waals surface area contributed by atoms with Gasteiger partial charge in [-0.05, 0) is 43.5 Å². The summed E-state index contributed by atoms with van der Waals surface area (Å²) in [5, 5.41) is 0. The highest BCUT2D eigenvalue weighted by atomic mass is 16.5. The van der Waals surface area contributed by atoms with E-state index in [0.29, 0.717) is 18.6 Å². The molecule has 0 atom stereocenters. The van der Waals surface area contributed by atoms with Crippen LogP contribution in [-0.4, -0.2) is 36.3 Å². The summed E-state index contributed by atoms with van der Waals surface area (Å²) in [6, 6.07) is 7.29. The molecule has 1 heterocycles. The Balaban J connectivity index is 1.75. The van der Waals surface area contributed by atoms with Crippen LogP contribution < -0.4 is 4.74 Å². The molecule has 1 aromatic carbocycles. The van der Waals surface area contributed by atoms with Gasteiger partial charge in [0.25, 0.3) is 0 Å². The van der Waals surface area contributed by atoms with Gasteiger partial charge in [0.15, 0.2) is 5.78 Å². The van der Waals surface area contributed by atoms with Crippen LogP contribution in [0.3, 0.4) is 0 Å². The lowest BCUT2D eigenvalue weighted by molar-refractivity contribution is -0.131. The Bertz CT molecular complexity index is 531. The van der Waals surface area contributed by atoms with E-state index >= 15 is 0 Å². The molecule has 1 amide bonds. The standard InChI is InChI=1S/C21H31NO3/c1-2-3-8-17-25-19-11-9-18(10-12-19)20(23)13-14-21(24)22-15-6-4-5-7-16-22/h9-12H,2-8,13-17H2,1H3. The zero-order chi connectivity index (χ0) is 17.9. The highest BCUT2D eigenvalue weighted by Gasteiger charge is 2.17. The molecule has 0 aromatic heterocycles. The molecule has 0 saturated carbocycles. The number of likely N-dealkylation sites (tertiary alicyclic amines) is 1. The Morgan fingerprint density at radius 2 is 1.64 bits per heavy atom. The number of benzene rings is 1. The van der Waals surface area contributed by atoms with Crippen molar-refractivity contribution in [1.82, 2.24) is 4.90 Å². The highest BCUT2D eigenvalue weighted by Crippen LogP contribution is 2.16. The molecule has 0 unspecified atom stereocenters. The molecule has 138 valence electrons. The number of nitrogens with zero attached hydrogens (tertiary/aromatic N) is 1. The van der Waals surface area contributed by atoms with E-state index in [4.69, 9.17) is 4.74 Å². The smallest absolute Gasteiger partial charge is 0.223 e. The van der Waals surface area contributed by atoms with Gasteiger partial charge in [0.1, 0.15) is 5.75 Å². The summed E-state index contributed by atoms with van der Waals surface area (Å²) in [7, 11) is 0. The molecule has 1 aromatic rings. The number of carbonyl (C=O) groups is 2. The summed E-state index contributed by atoms with van der Waals surface area (Å²) in [4.78, 5) is 26.5. The van der Waals surface area contributed by atoms with Gasteiger partial charge in [-0.2, -0.15) is 0 Å². The first kappa shape index (κ1) is 19.5. The molecule has 0 spiro atoms. The van der Waals surface area contributed by atoms with Crippen molar-refractivity contribution in [3.63, 3.8) is 0 Å². The molecule has 1 aliphatic rings. The Hall–Kier alpha value is -1.84. The number of carbonyl (C=O) groups excluding carboxylic acids is 2. The second kappa shape index (κ2) is 10.9. The van der Waals surface area contributed by atoms with Crippen molar-refractivity contribution in [2.24, 2.45) is 0 Å². The van der Waals surface area contributed by atoms with Crippen molar-refractivity contribution in [2.45, 2.75) is 64.7 Å². The van der Waals surface area contributed by atoms with E-state index in [1.165, 1.54) is 25.7 Å². The molecular formula is C21H31NO3. The van der Waals surface area contributed by atoms with Gasteiger partial charge in [-0.1, -0.05) is 32.6 Å². The van der Waals surface area contributed by atoms with Gasteiger partial charge in [0, 0.05) is 31.5 Å². The Labute approximate surface area is 151 Å². The van der Waals surface area contributed by atoms with Gasteiger partial charge in [0.05, 0.1) is 6.61 Å². The summed E-state index contributed by atoms with van der Waals surface area (Å²) in [6.07, 6.45) is 8.56. The molecule has 1 aliphatic heterocycles. The maximum absolute atomic E-state index is 12.3. The summed E-state index contributed by atoms with van der Waals surface area (Å²) in [5.41, 5.74) is 0.657. The van der Waals surface area contributed by atoms with Gasteiger partial charge in [-0.25, -0.2) is 0 Å². The quantitative estimate of drug-likeness (QED) is 0.484. The molecule has 0 N–H and O–H groups in total. The van der Waals surface area contributed by atoms with Gasteiger partial charge < -0.3 is 9.64 Å². The maximum Gasteiger partial charge on any atom is 0.223 e. The Morgan fingerprint density at radius 3 is 2.28 bits per heavy atom. The summed E-state index contributed by atoms with van der Waals surface area (Å²) < 4.78 is 5.66. The van der Waals surface area contributed by atoms with Crippen molar-refractivity contribution < 1.29 is 14.3 Å². The third-order valence-corrected chi connectivity index (χ3v) is 4.72. The molecular weight excluding hydrogens is 314 g/mol. The first-order valence-electron chi connectivity index (χ1n) is 9.74. The molecule has 1 fully saturated rings. The first-order chi connectivity index (χ1) is 12.2. The lowest BCUT2D eigenvalue weighted by Crippen LogP contribution is -2.32. The van der Waals surface area contributed by atoms with E-state index in [-0.39, 0.29) is 18.1 Å². The number of unbranched alkanes of at least 4 members (excludes halogenated alkanes) is 2. The van der Waals surface area contributed by atoms with Crippen LogP contribution in [0.2, 0.25) is 0 Å². The van der Waals surface area contributed by atoms with Crippen LogP contribution in [0.15, 0.2) is 24.3 Å². The molecule has 1 saturated heterocycles. The number of hydrogen-bond donors (Lipinski definition) is 0. The monoisotopic (exact) mass is 345 g/mol. The molecule has 4 nitrogen and oxygen atoms in total. The first-order valence-corrected chi connectivity index (χ1v) is 9.74. The number of Topliss-reactive ketones (excluding diaryl/α,β-unsaturated/α-hetero) is 1. The van der Waals surface area contributed by atoms with E-state index in [1.54, 1.807) is 12.1 Å². The van der Waals surface area contributed by atoms with Crippen molar-refractivity contribution in [2.75, 3.05) is 19.7 Å². The third-order valence-electron chi connectivity index (χ3n) is 4.72. The fraction of sp³-hybridized carbons (Fsp3) is 0.619. The van der Waals surface area contributed by atoms with E-state index in [2.05, 4.69) is 6.92 Å². The minimum atomic E-state index is 0.0284. The molecule has 0 aliphatic carbocycles. The zero-order valence-electron chi connectivity index (χ0n) is 15.5. The molecule has 4 heteroatoms. The van der Waals surface area contributed by atoms with Crippen LogP contribution in [0.25, 0.3) is 0 Å². The van der Waals surface area contributed by atoms with Crippen LogP contribution in [0, 0.1) is 0 Å². The number of ketones is 1. The predicted molar refractivity (Wildman–Crippen MR) is 100 cm³/mol. The Kier molecular flexibility index (Phi) is 8.50. The number of hydrogen-bond acceptors (Lipinski definition) is 3. The van der Waals surface area contributed by atoms with Crippen molar-refractivity contribution >= 4 is 11.7 Å². The largest absolute Gasteiger partial charge is 0.494 e. The number of ether oxygens (including phenoxy) is 1. The van der Waals surface area contributed by atoms with Gasteiger partial charge in [0.2, 0.25) is 5.91 Å². The van der Waals surface area contributed by atoms with Crippen molar-refractivity contribution in [3.05, 3.63) is 29.8 Å². The number of amides is 1. The van der Waals surface area contributed by atoms with E-state index in [1.807, 2.05) is 17.0 Å². The van der Waals surface area contributed by atoms with Gasteiger partial charge >= 0.3 is 0 Å². The average Bonchev–Trinajstić information content (AvgIpc) is 2.93. The van der Waals surface area contributed by atoms with Crippen LogP contribution in [-0.2, 0) is 4.79 Å². The van der Waals surface area contributed by atoms with Crippen LogP contribution in [0.4, 0.5) is 0 Å². The van der Waals surface area contributed by atoms with Crippen molar-refractivity contribution in [1.29, 1.82) is 0 Å². The second-order valence-corrected chi connectivity index (χ2v) is 6.80. The molecule has 0 bridgehead atoms. The lowest BCUT2D eigenvalue weighted by Gasteiger charge is -2.20. The van der Waals surface area contributed by atoms with Gasteiger partial charge in [-0.15, -0.1) is 0 Å². The Morgan fingerprint density at radius 1 is 0.960 bits per heavy atom. The summed E-state index contributed by atoms with van der Waals surface area (Å²) >= 11 is 0. The van der Waals surface area contributed by atoms with E-state index in [9.17, 15) is 9.59 Å². The SMILES string of the molecule is CCCCCOc1ccc(C(=O)CCC(=O)N2CCCCCC2)cc1. The minimum Gasteiger partial charge on any atom is -0.494 e. The zero-order valence-corrected chi connectivity index (χ0v) is 15.5. The lowest BCUT2D eigenvalue weighted by atomic mass is 10.1. The number of rotatable bonds is 9. The third kappa shape index (κ3) is 6.89. The molecule has 0 radical (unpaired) electrons. The fourth-order valence-electron chi connectivity index (χ4n) is 3.12. The summed E-state index contributed by atoms with van der Waals surface area (Å²) in [5.74, 6) is 0.945. The predicted octanol–water partition coefficient (Wildman–Crippen LogP) is 4.62. The van der Waals surface area contributed by atoms with Crippen LogP contribution >= 0.6 is 0 Å². The van der Waals surface area contributed by atoms with E-state index < -0.39 is 0 Å². The van der Waals surface area contributed by atoms with Gasteiger partial charge in [-0.3, -0.25) is 9.59 Å². The molecule has 25 heavy (non-hydrogen) atoms. The topological polar surface area (TPSA) is 46.6 Å². The average molecular weight is 345 g/mol. The van der Waals surface area contributed by atoms with Crippen molar-refractivity contribution in [3.8, 4) is 5.75 Å². The minimum absolute atomic E-state index is 0.0284. The highest BCUT2D eigenvalue weighted by molar-refractivity contribution is 5.98. The van der Waals surface area contributed by atoms with Crippen LogP contribution in [0.5, 0.6) is 5.75 Å². The second-order valence-electron chi connectivity index (χ2n) is 6.80. The fourth-order valence-corrected chi connectivity index (χ4v) is 3.12. The maximum atomic E-state index is 12.3. The normalized spacial score (nSPS) is 14.8. The summed E-state index contributed by atoms with van der Waals surface area (Å²) in [6.45, 7) is 4.57. The molecule has 2 rings (SSSR count). The van der Waals surface area contributed by atoms with Crippen LogP contribution in [0.1, 0.15) is 75.1 Å². The van der Waals surface area contributed by atoms with E-state index in [0.717, 1.165) is 38.1 Å².